The molecule has 0 spiro atoms. The zero-order chi connectivity index (χ0) is 11.0. The SMILES string of the molecule is CCCC(O)CNCC(C)C(N)=NO. The molecular formula is C9H21N3O2. The summed E-state index contributed by atoms with van der Waals surface area (Å²) in [5.74, 6) is 0.191. The number of nitrogens with two attached hydrogens (primary N) is 1. The molecule has 2 unspecified atom stereocenters. The van der Waals surface area contributed by atoms with Gasteiger partial charge in [-0.25, -0.2) is 0 Å². The lowest BCUT2D eigenvalue weighted by molar-refractivity contribution is 0.160. The van der Waals surface area contributed by atoms with Crippen LogP contribution in [0.5, 0.6) is 0 Å². The molecule has 5 N–H and O–H groups in total. The number of aliphatic hydroxyl groups is 1. The zero-order valence-corrected chi connectivity index (χ0v) is 8.90. The van der Waals surface area contributed by atoms with Gasteiger partial charge < -0.3 is 21.4 Å². The van der Waals surface area contributed by atoms with Crippen LogP contribution in [0.1, 0.15) is 26.7 Å². The Balaban J connectivity index is 3.53. The van der Waals surface area contributed by atoms with E-state index in [1.807, 2.05) is 13.8 Å². The maximum atomic E-state index is 9.38. The molecule has 5 nitrogen and oxygen atoms in total. The Morgan fingerprint density at radius 3 is 2.64 bits per heavy atom. The molecule has 0 aliphatic rings. The molecule has 0 aliphatic heterocycles. The maximum absolute atomic E-state index is 9.38. The highest BCUT2D eigenvalue weighted by atomic mass is 16.4. The van der Waals surface area contributed by atoms with Crippen LogP contribution in [0, 0.1) is 5.92 Å². The van der Waals surface area contributed by atoms with E-state index in [1.54, 1.807) is 0 Å². The minimum Gasteiger partial charge on any atom is -0.409 e. The van der Waals surface area contributed by atoms with E-state index in [0.717, 1.165) is 12.8 Å². The molecule has 0 aromatic carbocycles. The Labute approximate surface area is 85.0 Å². The van der Waals surface area contributed by atoms with Gasteiger partial charge in [-0.05, 0) is 6.42 Å². The predicted octanol–water partition coefficient (Wildman–Crippen LogP) is 0.120. The molecule has 0 rings (SSSR count). The van der Waals surface area contributed by atoms with E-state index in [2.05, 4.69) is 10.5 Å². The molecule has 0 aromatic rings. The normalized spacial score (nSPS) is 16.6. The van der Waals surface area contributed by atoms with Crippen molar-refractivity contribution in [3.63, 3.8) is 0 Å². The van der Waals surface area contributed by atoms with Crippen molar-refractivity contribution < 1.29 is 10.3 Å². The van der Waals surface area contributed by atoms with Crippen LogP contribution in [-0.2, 0) is 0 Å². The Morgan fingerprint density at radius 1 is 1.50 bits per heavy atom. The molecule has 0 bridgehead atoms. The lowest BCUT2D eigenvalue weighted by Crippen LogP contribution is -2.35. The summed E-state index contributed by atoms with van der Waals surface area (Å²) in [4.78, 5) is 0. The second kappa shape index (κ2) is 7.58. The molecule has 0 saturated heterocycles. The highest BCUT2D eigenvalue weighted by Gasteiger charge is 2.08. The van der Waals surface area contributed by atoms with Gasteiger partial charge in [0.2, 0.25) is 0 Å². The summed E-state index contributed by atoms with van der Waals surface area (Å²) in [6.07, 6.45) is 1.46. The molecule has 0 saturated carbocycles. The Morgan fingerprint density at radius 2 is 2.14 bits per heavy atom. The number of oxime groups is 1. The molecule has 0 fully saturated rings. The fourth-order valence-corrected chi connectivity index (χ4v) is 1.10. The number of hydrogen-bond acceptors (Lipinski definition) is 4. The van der Waals surface area contributed by atoms with Gasteiger partial charge in [-0.1, -0.05) is 25.4 Å². The second-order valence-corrected chi connectivity index (χ2v) is 3.53. The molecule has 84 valence electrons. The summed E-state index contributed by atoms with van der Waals surface area (Å²) >= 11 is 0. The third kappa shape index (κ3) is 5.77. The molecule has 14 heavy (non-hydrogen) atoms. The molecule has 0 heterocycles. The second-order valence-electron chi connectivity index (χ2n) is 3.53. The first-order valence-corrected chi connectivity index (χ1v) is 4.98. The van der Waals surface area contributed by atoms with Crippen LogP contribution < -0.4 is 11.1 Å². The Hall–Kier alpha value is -0.810. The first kappa shape index (κ1) is 13.2. The topological polar surface area (TPSA) is 90.9 Å². The smallest absolute Gasteiger partial charge is 0.143 e. The lowest BCUT2D eigenvalue weighted by Gasteiger charge is -2.13. The number of nitrogens with zero attached hydrogens (tertiary/aromatic N) is 1. The third-order valence-corrected chi connectivity index (χ3v) is 2.07. The van der Waals surface area contributed by atoms with Gasteiger partial charge in [-0.15, -0.1) is 0 Å². The average molecular weight is 203 g/mol. The summed E-state index contributed by atoms with van der Waals surface area (Å²) in [5.41, 5.74) is 5.39. The van der Waals surface area contributed by atoms with Gasteiger partial charge >= 0.3 is 0 Å². The first-order chi connectivity index (χ1) is 6.61. The van der Waals surface area contributed by atoms with Gasteiger partial charge in [-0.2, -0.15) is 0 Å². The molecule has 2 atom stereocenters. The minimum absolute atomic E-state index is 0.0196. The van der Waals surface area contributed by atoms with Crippen molar-refractivity contribution in [2.24, 2.45) is 16.8 Å². The predicted molar refractivity (Wildman–Crippen MR) is 56.4 cm³/mol. The molecule has 5 heteroatoms. The van der Waals surface area contributed by atoms with Crippen LogP contribution >= 0.6 is 0 Å². The summed E-state index contributed by atoms with van der Waals surface area (Å²) in [5, 5.41) is 23.7. The summed E-state index contributed by atoms with van der Waals surface area (Å²) in [7, 11) is 0. The Kier molecular flexibility index (Phi) is 7.14. The standard InChI is InChI=1S/C9H21N3O2/c1-3-4-8(13)6-11-5-7(2)9(10)12-14/h7-8,11,13-14H,3-6H2,1-2H3,(H2,10,12). The highest BCUT2D eigenvalue weighted by molar-refractivity contribution is 5.82. The van der Waals surface area contributed by atoms with Gasteiger partial charge in [0.1, 0.15) is 5.84 Å². The van der Waals surface area contributed by atoms with Crippen molar-refractivity contribution in [1.29, 1.82) is 0 Å². The number of rotatable bonds is 7. The van der Waals surface area contributed by atoms with E-state index < -0.39 is 0 Å². The third-order valence-electron chi connectivity index (χ3n) is 2.07. The first-order valence-electron chi connectivity index (χ1n) is 4.98. The summed E-state index contributed by atoms with van der Waals surface area (Å²) in [6, 6.07) is 0. The minimum atomic E-state index is -0.306. The van der Waals surface area contributed by atoms with Crippen LogP contribution in [-0.4, -0.2) is 35.3 Å². The molecular weight excluding hydrogens is 182 g/mol. The quantitative estimate of drug-likeness (QED) is 0.205. The van der Waals surface area contributed by atoms with Gasteiger partial charge in [0.05, 0.1) is 6.10 Å². The molecule has 0 aromatic heterocycles. The fraction of sp³-hybridized carbons (Fsp3) is 0.889. The van der Waals surface area contributed by atoms with Crippen LogP contribution in [0.25, 0.3) is 0 Å². The molecule has 0 radical (unpaired) electrons. The lowest BCUT2D eigenvalue weighted by atomic mass is 10.1. The number of nitrogens with one attached hydrogen (secondary N) is 1. The average Bonchev–Trinajstić information content (AvgIpc) is 2.16. The molecule has 0 aliphatic carbocycles. The fourth-order valence-electron chi connectivity index (χ4n) is 1.10. The summed E-state index contributed by atoms with van der Waals surface area (Å²) < 4.78 is 0. The van der Waals surface area contributed by atoms with Crippen LogP contribution in [0.3, 0.4) is 0 Å². The monoisotopic (exact) mass is 203 g/mol. The van der Waals surface area contributed by atoms with Crippen LogP contribution in [0.4, 0.5) is 0 Å². The van der Waals surface area contributed by atoms with Crippen LogP contribution in [0.15, 0.2) is 5.16 Å². The van der Waals surface area contributed by atoms with Crippen molar-refractivity contribution in [1.82, 2.24) is 5.32 Å². The Bertz CT molecular complexity index is 173. The summed E-state index contributed by atoms with van der Waals surface area (Å²) in [6.45, 7) is 5.05. The van der Waals surface area contributed by atoms with E-state index in [-0.39, 0.29) is 17.9 Å². The van der Waals surface area contributed by atoms with Crippen molar-refractivity contribution in [2.45, 2.75) is 32.8 Å². The van der Waals surface area contributed by atoms with Gasteiger partial charge in [0.15, 0.2) is 0 Å². The largest absolute Gasteiger partial charge is 0.409 e. The van der Waals surface area contributed by atoms with E-state index >= 15 is 0 Å². The van der Waals surface area contributed by atoms with Gasteiger partial charge in [-0.3, -0.25) is 0 Å². The van der Waals surface area contributed by atoms with Crippen LogP contribution in [0.2, 0.25) is 0 Å². The van der Waals surface area contributed by atoms with Crippen molar-refractivity contribution in [3.8, 4) is 0 Å². The van der Waals surface area contributed by atoms with E-state index in [4.69, 9.17) is 10.9 Å². The highest BCUT2D eigenvalue weighted by Crippen LogP contribution is 1.96. The van der Waals surface area contributed by atoms with Gasteiger partial charge in [0.25, 0.3) is 0 Å². The van der Waals surface area contributed by atoms with Gasteiger partial charge in [0, 0.05) is 19.0 Å². The van der Waals surface area contributed by atoms with E-state index in [0.29, 0.717) is 13.1 Å². The van der Waals surface area contributed by atoms with Crippen molar-refractivity contribution >= 4 is 5.84 Å². The number of hydrogen-bond donors (Lipinski definition) is 4. The van der Waals surface area contributed by atoms with E-state index in [9.17, 15) is 5.11 Å². The maximum Gasteiger partial charge on any atom is 0.143 e. The van der Waals surface area contributed by atoms with Crippen molar-refractivity contribution in [3.05, 3.63) is 0 Å². The van der Waals surface area contributed by atoms with Crippen molar-refractivity contribution in [2.75, 3.05) is 13.1 Å². The molecule has 0 amide bonds. The van der Waals surface area contributed by atoms with E-state index in [1.165, 1.54) is 0 Å². The zero-order valence-electron chi connectivity index (χ0n) is 8.90. The number of amidine groups is 1. The number of aliphatic hydroxyl groups excluding tert-OH is 1.